The minimum absolute atomic E-state index is 0.0437. The van der Waals surface area contributed by atoms with Crippen molar-refractivity contribution in [1.82, 2.24) is 0 Å². The van der Waals surface area contributed by atoms with E-state index < -0.39 is 0 Å². The Labute approximate surface area is 100 Å². The van der Waals surface area contributed by atoms with Gasteiger partial charge in [-0.3, -0.25) is 4.79 Å². The van der Waals surface area contributed by atoms with Crippen LogP contribution in [0.3, 0.4) is 0 Å². The molecule has 3 heteroatoms. The van der Waals surface area contributed by atoms with Crippen LogP contribution >= 0.6 is 0 Å². The Morgan fingerprint density at radius 3 is 2.82 bits per heavy atom. The zero-order valence-corrected chi connectivity index (χ0v) is 9.90. The zero-order chi connectivity index (χ0) is 12.3. The van der Waals surface area contributed by atoms with Crippen LogP contribution in [-0.2, 0) is 0 Å². The molecule has 0 saturated carbocycles. The van der Waals surface area contributed by atoms with Gasteiger partial charge in [-0.05, 0) is 32.0 Å². The normalized spacial score (nSPS) is 10.2. The average molecular weight is 230 g/mol. The van der Waals surface area contributed by atoms with Crippen molar-refractivity contribution in [3.63, 3.8) is 0 Å². The molecule has 0 saturated heterocycles. The number of ether oxygens (including phenoxy) is 1. The van der Waals surface area contributed by atoms with Gasteiger partial charge < -0.3 is 9.15 Å². The van der Waals surface area contributed by atoms with E-state index in [1.54, 1.807) is 25.1 Å². The van der Waals surface area contributed by atoms with E-state index in [2.05, 4.69) is 0 Å². The molecule has 0 radical (unpaired) electrons. The summed E-state index contributed by atoms with van der Waals surface area (Å²) in [6.07, 6.45) is 1.52. The molecule has 17 heavy (non-hydrogen) atoms. The summed E-state index contributed by atoms with van der Waals surface area (Å²) in [5.74, 6) is 1.30. The molecule has 0 aliphatic heterocycles. The maximum Gasteiger partial charge on any atom is 0.196 e. The van der Waals surface area contributed by atoms with Crippen LogP contribution in [0.25, 0.3) is 0 Å². The van der Waals surface area contributed by atoms with Crippen LogP contribution in [0.5, 0.6) is 5.75 Å². The second-order valence-corrected chi connectivity index (χ2v) is 3.68. The molecule has 0 amide bonds. The third kappa shape index (κ3) is 2.38. The predicted octanol–water partition coefficient (Wildman–Crippen LogP) is 3.22. The topological polar surface area (TPSA) is 39.4 Å². The van der Waals surface area contributed by atoms with Gasteiger partial charge in [0.05, 0.1) is 18.4 Å². The third-order valence-corrected chi connectivity index (χ3v) is 2.51. The highest BCUT2D eigenvalue weighted by molar-refractivity contribution is 6.09. The highest BCUT2D eigenvalue weighted by Gasteiger charge is 2.14. The minimum atomic E-state index is -0.0437. The molecule has 0 aliphatic rings. The summed E-state index contributed by atoms with van der Waals surface area (Å²) in [7, 11) is 0. The molecule has 0 N–H and O–H groups in total. The number of rotatable bonds is 4. The van der Waals surface area contributed by atoms with Gasteiger partial charge in [0.25, 0.3) is 0 Å². The summed E-state index contributed by atoms with van der Waals surface area (Å²) in [5, 5.41) is 0. The fraction of sp³-hybridized carbons (Fsp3) is 0.214. The van der Waals surface area contributed by atoms with E-state index in [9.17, 15) is 4.79 Å². The van der Waals surface area contributed by atoms with Gasteiger partial charge in [0, 0.05) is 5.56 Å². The van der Waals surface area contributed by atoms with Crippen LogP contribution in [0.15, 0.2) is 41.0 Å². The fourth-order valence-electron chi connectivity index (χ4n) is 1.67. The maximum absolute atomic E-state index is 12.2. The van der Waals surface area contributed by atoms with Crippen LogP contribution in [0.2, 0.25) is 0 Å². The Morgan fingerprint density at radius 1 is 1.35 bits per heavy atom. The molecule has 0 atom stereocenters. The summed E-state index contributed by atoms with van der Waals surface area (Å²) < 4.78 is 10.5. The predicted molar refractivity (Wildman–Crippen MR) is 64.5 cm³/mol. The molecule has 1 heterocycles. The van der Waals surface area contributed by atoms with Crippen molar-refractivity contribution in [1.29, 1.82) is 0 Å². The van der Waals surface area contributed by atoms with Crippen molar-refractivity contribution in [2.24, 2.45) is 0 Å². The summed E-state index contributed by atoms with van der Waals surface area (Å²) in [5.41, 5.74) is 1.21. The first-order chi connectivity index (χ1) is 8.22. The number of benzene rings is 1. The number of hydrogen-bond donors (Lipinski definition) is 0. The van der Waals surface area contributed by atoms with Crippen LogP contribution in [-0.4, -0.2) is 12.4 Å². The van der Waals surface area contributed by atoms with E-state index >= 15 is 0 Å². The molecule has 0 spiro atoms. The Balaban J connectivity index is 2.31. The first kappa shape index (κ1) is 11.5. The third-order valence-electron chi connectivity index (χ3n) is 2.51. The number of hydrogen-bond acceptors (Lipinski definition) is 3. The first-order valence-corrected chi connectivity index (χ1v) is 5.54. The lowest BCUT2D eigenvalue weighted by Crippen LogP contribution is -2.02. The van der Waals surface area contributed by atoms with Gasteiger partial charge in [0.15, 0.2) is 5.78 Å². The van der Waals surface area contributed by atoms with E-state index in [1.165, 1.54) is 6.26 Å². The summed E-state index contributed by atoms with van der Waals surface area (Å²) in [6, 6.07) is 8.86. The minimum Gasteiger partial charge on any atom is -0.494 e. The molecule has 0 unspecified atom stereocenters. The van der Waals surface area contributed by atoms with E-state index in [0.29, 0.717) is 29.2 Å². The number of carbonyl (C=O) groups is 1. The average Bonchev–Trinajstić information content (AvgIpc) is 2.75. The molecule has 0 fully saturated rings. The van der Waals surface area contributed by atoms with E-state index in [-0.39, 0.29) is 5.78 Å². The summed E-state index contributed by atoms with van der Waals surface area (Å²) in [4.78, 5) is 12.2. The van der Waals surface area contributed by atoms with Crippen molar-refractivity contribution < 1.29 is 13.9 Å². The van der Waals surface area contributed by atoms with Crippen molar-refractivity contribution in [3.8, 4) is 5.75 Å². The number of aryl methyl sites for hydroxylation is 1. The van der Waals surface area contributed by atoms with Crippen molar-refractivity contribution in [2.45, 2.75) is 13.8 Å². The molecule has 3 nitrogen and oxygen atoms in total. The Morgan fingerprint density at radius 2 is 2.18 bits per heavy atom. The molecular formula is C14H14O3. The van der Waals surface area contributed by atoms with E-state index in [0.717, 1.165) is 0 Å². The van der Waals surface area contributed by atoms with Gasteiger partial charge in [0.1, 0.15) is 11.5 Å². The lowest BCUT2D eigenvalue weighted by atomic mass is 10.0. The van der Waals surface area contributed by atoms with Gasteiger partial charge in [0.2, 0.25) is 0 Å². The molecular weight excluding hydrogens is 216 g/mol. The highest BCUT2D eigenvalue weighted by Crippen LogP contribution is 2.19. The molecule has 1 aromatic carbocycles. The maximum atomic E-state index is 12.2. The zero-order valence-electron chi connectivity index (χ0n) is 9.90. The number of ketones is 1. The van der Waals surface area contributed by atoms with Crippen LogP contribution in [0.4, 0.5) is 0 Å². The van der Waals surface area contributed by atoms with Crippen molar-refractivity contribution in [3.05, 3.63) is 53.5 Å². The van der Waals surface area contributed by atoms with Gasteiger partial charge in [-0.1, -0.05) is 12.1 Å². The first-order valence-electron chi connectivity index (χ1n) is 5.54. The quantitative estimate of drug-likeness (QED) is 0.757. The molecule has 1 aromatic heterocycles. The number of furan rings is 1. The second kappa shape index (κ2) is 4.87. The lowest BCUT2D eigenvalue weighted by Gasteiger charge is -2.04. The van der Waals surface area contributed by atoms with Crippen LogP contribution < -0.4 is 4.74 Å². The van der Waals surface area contributed by atoms with Gasteiger partial charge >= 0.3 is 0 Å². The van der Waals surface area contributed by atoms with Gasteiger partial charge in [-0.15, -0.1) is 0 Å². The van der Waals surface area contributed by atoms with E-state index in [1.807, 2.05) is 19.1 Å². The SMILES string of the molecule is CCOc1cccc(C(=O)c2ccoc2C)c1. The molecule has 88 valence electrons. The summed E-state index contributed by atoms with van der Waals surface area (Å²) >= 11 is 0. The molecule has 2 aromatic rings. The Bertz CT molecular complexity index is 526. The number of carbonyl (C=O) groups excluding carboxylic acids is 1. The van der Waals surface area contributed by atoms with Crippen LogP contribution in [0.1, 0.15) is 28.6 Å². The summed E-state index contributed by atoms with van der Waals surface area (Å²) in [6.45, 7) is 4.27. The molecule has 2 rings (SSSR count). The largest absolute Gasteiger partial charge is 0.494 e. The smallest absolute Gasteiger partial charge is 0.196 e. The second-order valence-electron chi connectivity index (χ2n) is 3.68. The Hall–Kier alpha value is -2.03. The molecule has 0 aliphatic carbocycles. The van der Waals surface area contributed by atoms with Crippen molar-refractivity contribution >= 4 is 5.78 Å². The van der Waals surface area contributed by atoms with E-state index in [4.69, 9.17) is 9.15 Å². The fourth-order valence-corrected chi connectivity index (χ4v) is 1.67. The monoisotopic (exact) mass is 230 g/mol. The molecule has 0 bridgehead atoms. The standard InChI is InChI=1S/C14H14O3/c1-3-16-12-6-4-5-11(9-12)14(15)13-7-8-17-10(13)2/h4-9H,3H2,1-2H3. The van der Waals surface area contributed by atoms with Gasteiger partial charge in [-0.25, -0.2) is 0 Å². The lowest BCUT2D eigenvalue weighted by molar-refractivity contribution is 0.103. The Kier molecular flexibility index (Phi) is 3.28. The van der Waals surface area contributed by atoms with Crippen LogP contribution in [0, 0.1) is 6.92 Å². The highest BCUT2D eigenvalue weighted by atomic mass is 16.5. The van der Waals surface area contributed by atoms with Gasteiger partial charge in [-0.2, -0.15) is 0 Å². The van der Waals surface area contributed by atoms with Crippen molar-refractivity contribution in [2.75, 3.05) is 6.61 Å².